The molecular weight excluding hydrogens is 382 g/mol. The van der Waals surface area contributed by atoms with E-state index in [-0.39, 0.29) is 30.4 Å². The zero-order chi connectivity index (χ0) is 21.6. The maximum atomic E-state index is 16.8. The van der Waals surface area contributed by atoms with Crippen molar-refractivity contribution in [1.82, 2.24) is 0 Å². The minimum Gasteiger partial charge on any atom is -0.390 e. The lowest BCUT2D eigenvalue weighted by Crippen LogP contribution is -2.70. The van der Waals surface area contributed by atoms with Crippen molar-refractivity contribution in [3.8, 4) is 0 Å². The quantitative estimate of drug-likeness (QED) is 0.606. The topological polar surface area (TPSA) is 94.8 Å². The van der Waals surface area contributed by atoms with Crippen LogP contribution >= 0.6 is 0 Å². The van der Waals surface area contributed by atoms with E-state index in [9.17, 15) is 24.9 Å². The molecule has 0 heterocycles. The summed E-state index contributed by atoms with van der Waals surface area (Å²) in [6.07, 6.45) is 0.00254. The summed E-state index contributed by atoms with van der Waals surface area (Å²) in [7, 11) is 0. The molecule has 3 saturated carbocycles. The van der Waals surface area contributed by atoms with Crippen molar-refractivity contribution in [1.29, 1.82) is 0 Å². The smallest absolute Gasteiger partial charge is 0.194 e. The first-order valence-corrected chi connectivity index (χ1v) is 9.89. The fourth-order valence-electron chi connectivity index (χ4n) is 6.79. The van der Waals surface area contributed by atoms with E-state index in [1.807, 2.05) is 0 Å². The Morgan fingerprint density at radius 3 is 2.62 bits per heavy atom. The number of hydrogen-bond donors (Lipinski definition) is 3. The van der Waals surface area contributed by atoms with E-state index in [1.165, 1.54) is 19.1 Å². The Labute approximate surface area is 167 Å². The molecule has 0 aromatic carbocycles. The van der Waals surface area contributed by atoms with E-state index < -0.39 is 64.4 Å². The summed E-state index contributed by atoms with van der Waals surface area (Å²) in [5, 5.41) is 31.7. The van der Waals surface area contributed by atoms with E-state index in [0.717, 1.165) is 6.08 Å². The molecule has 158 valence electrons. The van der Waals surface area contributed by atoms with Gasteiger partial charge in [-0.3, -0.25) is 9.59 Å². The van der Waals surface area contributed by atoms with Gasteiger partial charge in [0.05, 0.1) is 6.10 Å². The van der Waals surface area contributed by atoms with Gasteiger partial charge in [0.2, 0.25) is 0 Å². The number of Topliss-reactive ketones (excluding diaryl/α,β-unsaturated/α-hetero) is 1. The Balaban J connectivity index is 1.88. The van der Waals surface area contributed by atoms with Crippen LogP contribution in [0.5, 0.6) is 0 Å². The normalized spacial score (nSPS) is 51.2. The van der Waals surface area contributed by atoms with E-state index in [0.29, 0.717) is 0 Å². The zero-order valence-corrected chi connectivity index (χ0v) is 16.5. The van der Waals surface area contributed by atoms with Crippen molar-refractivity contribution in [2.75, 3.05) is 6.61 Å². The van der Waals surface area contributed by atoms with Crippen LogP contribution in [0.25, 0.3) is 0 Å². The maximum Gasteiger partial charge on any atom is 0.194 e. The third kappa shape index (κ3) is 2.13. The van der Waals surface area contributed by atoms with Crippen molar-refractivity contribution in [3.63, 3.8) is 0 Å². The minimum absolute atomic E-state index is 0.0184. The molecule has 0 amide bonds. The highest BCUT2D eigenvalue weighted by molar-refractivity contribution is 6.01. The van der Waals surface area contributed by atoms with Gasteiger partial charge in [-0.25, -0.2) is 8.78 Å². The first kappa shape index (κ1) is 20.6. The highest BCUT2D eigenvalue weighted by Crippen LogP contribution is 2.70. The van der Waals surface area contributed by atoms with Gasteiger partial charge in [0.25, 0.3) is 0 Å². The number of halogens is 2. The molecule has 5 nitrogen and oxygen atoms in total. The number of aliphatic hydroxyl groups is 3. The van der Waals surface area contributed by atoms with Gasteiger partial charge in [-0.05, 0) is 55.4 Å². The van der Waals surface area contributed by atoms with Gasteiger partial charge in [0.15, 0.2) is 22.8 Å². The van der Waals surface area contributed by atoms with Gasteiger partial charge in [0.1, 0.15) is 12.8 Å². The Kier molecular flexibility index (Phi) is 4.20. The molecule has 7 heteroatoms. The van der Waals surface area contributed by atoms with Crippen LogP contribution in [0.2, 0.25) is 0 Å². The molecule has 0 aromatic rings. The molecule has 0 spiro atoms. The largest absolute Gasteiger partial charge is 0.390 e. The van der Waals surface area contributed by atoms with Crippen LogP contribution in [0, 0.1) is 22.7 Å². The average molecular weight is 408 g/mol. The SMILES string of the molecule is C=C1C[C@H]2[C@@H]3C[C@H](F)C4=CC(=O)C=C[C@]4(C)[C@@]3(F)C(O)C[C@]2(C)[C@@]1(O)C(=O)CO. The third-order valence-electron chi connectivity index (χ3n) is 8.37. The Morgan fingerprint density at radius 1 is 1.34 bits per heavy atom. The lowest BCUT2D eigenvalue weighted by molar-refractivity contribution is -0.220. The van der Waals surface area contributed by atoms with Crippen molar-refractivity contribution in [2.24, 2.45) is 22.7 Å². The summed E-state index contributed by atoms with van der Waals surface area (Å²) in [5.74, 6) is -2.95. The summed E-state index contributed by atoms with van der Waals surface area (Å²) in [6, 6.07) is 0. The van der Waals surface area contributed by atoms with Crippen molar-refractivity contribution >= 4 is 11.6 Å². The van der Waals surface area contributed by atoms with Gasteiger partial charge in [-0.1, -0.05) is 19.6 Å². The second-order valence-corrected chi connectivity index (χ2v) is 9.46. The van der Waals surface area contributed by atoms with E-state index in [4.69, 9.17) is 0 Å². The van der Waals surface area contributed by atoms with E-state index in [1.54, 1.807) is 6.92 Å². The average Bonchev–Trinajstić information content (AvgIpc) is 2.86. The number of carbonyl (C=O) groups is 2. The van der Waals surface area contributed by atoms with E-state index >= 15 is 8.78 Å². The number of aliphatic hydroxyl groups excluding tert-OH is 2. The van der Waals surface area contributed by atoms with Gasteiger partial charge in [-0.2, -0.15) is 0 Å². The highest BCUT2D eigenvalue weighted by atomic mass is 19.1. The molecule has 0 aromatic heterocycles. The van der Waals surface area contributed by atoms with Gasteiger partial charge in [-0.15, -0.1) is 0 Å². The predicted molar refractivity (Wildman–Crippen MR) is 100 cm³/mol. The molecule has 3 fully saturated rings. The molecule has 0 bridgehead atoms. The highest BCUT2D eigenvalue weighted by Gasteiger charge is 2.76. The Hall–Kier alpha value is -1.70. The summed E-state index contributed by atoms with van der Waals surface area (Å²) in [4.78, 5) is 24.3. The van der Waals surface area contributed by atoms with Gasteiger partial charge < -0.3 is 15.3 Å². The lowest BCUT2D eigenvalue weighted by Gasteiger charge is -2.62. The van der Waals surface area contributed by atoms with Crippen molar-refractivity contribution in [3.05, 3.63) is 36.0 Å². The van der Waals surface area contributed by atoms with Crippen LogP contribution in [0.3, 0.4) is 0 Å². The zero-order valence-electron chi connectivity index (χ0n) is 16.5. The predicted octanol–water partition coefficient (Wildman–Crippen LogP) is 1.76. The first-order valence-electron chi connectivity index (χ1n) is 9.89. The van der Waals surface area contributed by atoms with Gasteiger partial charge in [0, 0.05) is 16.7 Å². The van der Waals surface area contributed by atoms with Crippen LogP contribution in [-0.2, 0) is 9.59 Å². The number of rotatable bonds is 2. The second kappa shape index (κ2) is 5.93. The molecule has 29 heavy (non-hydrogen) atoms. The van der Waals surface area contributed by atoms with E-state index in [2.05, 4.69) is 6.58 Å². The van der Waals surface area contributed by atoms with Crippen LogP contribution < -0.4 is 0 Å². The summed E-state index contributed by atoms with van der Waals surface area (Å²) in [6.45, 7) is 5.96. The number of ketones is 2. The minimum atomic E-state index is -2.28. The summed E-state index contributed by atoms with van der Waals surface area (Å²) in [5.41, 5.74) is -7.05. The molecule has 0 radical (unpaired) electrons. The van der Waals surface area contributed by atoms with Crippen LogP contribution in [0.1, 0.15) is 33.1 Å². The van der Waals surface area contributed by atoms with Crippen molar-refractivity contribution in [2.45, 2.75) is 56.7 Å². The number of hydrogen-bond acceptors (Lipinski definition) is 5. The first-order chi connectivity index (χ1) is 13.4. The lowest BCUT2D eigenvalue weighted by atomic mass is 9.44. The molecule has 4 aliphatic rings. The fraction of sp³-hybridized carbons (Fsp3) is 0.636. The third-order valence-corrected chi connectivity index (χ3v) is 8.37. The molecule has 4 aliphatic carbocycles. The summed E-state index contributed by atoms with van der Waals surface area (Å²) < 4.78 is 32.0. The molecule has 3 N–H and O–H groups in total. The Bertz CT molecular complexity index is 880. The Morgan fingerprint density at radius 2 is 2.00 bits per heavy atom. The van der Waals surface area contributed by atoms with Crippen LogP contribution in [-0.4, -0.2) is 57.0 Å². The van der Waals surface area contributed by atoms with Crippen molar-refractivity contribution < 1.29 is 33.7 Å². The molecule has 1 unspecified atom stereocenters. The van der Waals surface area contributed by atoms with Crippen LogP contribution in [0.4, 0.5) is 8.78 Å². The molecule has 8 atom stereocenters. The second-order valence-electron chi connectivity index (χ2n) is 9.46. The fourth-order valence-corrected chi connectivity index (χ4v) is 6.79. The van der Waals surface area contributed by atoms with Crippen LogP contribution in [0.15, 0.2) is 36.0 Å². The number of carbonyl (C=O) groups excluding carboxylic acids is 2. The maximum absolute atomic E-state index is 16.8. The molecular formula is C22H26F2O5. The standard InChI is InChI=1S/C22H26F2O5/c1-11-6-13-14-8-16(23)15-7-12(26)4-5-19(15,2)21(14,24)17(27)9-20(13,3)22(11,29)18(28)10-25/h4-5,7,13-14,16-17,25,27,29H,1,6,8-10H2,2-3H3/t13-,14-,16-,17?,19-,20-,21-,22-/m0/s1. The summed E-state index contributed by atoms with van der Waals surface area (Å²) >= 11 is 0. The number of alkyl halides is 2. The monoisotopic (exact) mass is 408 g/mol. The number of allylic oxidation sites excluding steroid dienone is 4. The number of fused-ring (bicyclic) bond motifs is 5. The molecule has 4 rings (SSSR count). The molecule has 0 saturated heterocycles. The van der Waals surface area contributed by atoms with Gasteiger partial charge >= 0.3 is 0 Å². The molecule has 0 aliphatic heterocycles.